The van der Waals surface area contributed by atoms with E-state index >= 15 is 0 Å². The van der Waals surface area contributed by atoms with E-state index in [4.69, 9.17) is 16.3 Å². The van der Waals surface area contributed by atoms with Crippen molar-refractivity contribution in [3.63, 3.8) is 0 Å². The Bertz CT molecular complexity index is 1030. The third-order valence-corrected chi connectivity index (χ3v) is 4.02. The van der Waals surface area contributed by atoms with E-state index in [0.717, 1.165) is 12.3 Å². The smallest absolute Gasteiger partial charge is 0.417 e. The van der Waals surface area contributed by atoms with E-state index in [1.807, 2.05) is 0 Å². The maximum absolute atomic E-state index is 12.9. The molecule has 0 spiro atoms. The molecule has 0 heterocycles. The van der Waals surface area contributed by atoms with Gasteiger partial charge < -0.3 is 15.4 Å². The molecular formula is C20H15ClF3N3O3. The van der Waals surface area contributed by atoms with Crippen molar-refractivity contribution in [1.29, 1.82) is 5.26 Å². The van der Waals surface area contributed by atoms with Crippen LogP contribution in [0.1, 0.15) is 22.8 Å². The molecule has 2 rings (SSSR count). The number of carbonyl (C=O) groups is 2. The summed E-state index contributed by atoms with van der Waals surface area (Å²) in [6.45, 7) is 1.81. The third-order valence-electron chi connectivity index (χ3n) is 3.69. The second-order valence-electron chi connectivity index (χ2n) is 5.73. The van der Waals surface area contributed by atoms with Gasteiger partial charge in [-0.3, -0.25) is 4.79 Å². The number of hydrogen-bond acceptors (Lipinski definition) is 5. The first-order chi connectivity index (χ1) is 14.2. The number of para-hydroxylation sites is 1. The van der Waals surface area contributed by atoms with E-state index in [-0.39, 0.29) is 23.5 Å². The second kappa shape index (κ2) is 9.80. The lowest BCUT2D eigenvalue weighted by molar-refractivity contribution is -0.137. The predicted octanol–water partition coefficient (Wildman–Crippen LogP) is 4.99. The van der Waals surface area contributed by atoms with E-state index in [2.05, 4.69) is 10.6 Å². The number of amides is 1. The molecule has 0 aromatic heterocycles. The van der Waals surface area contributed by atoms with Crippen molar-refractivity contribution in [3.8, 4) is 6.07 Å². The summed E-state index contributed by atoms with van der Waals surface area (Å²) in [6, 6.07) is 10.7. The fourth-order valence-electron chi connectivity index (χ4n) is 2.31. The van der Waals surface area contributed by atoms with Gasteiger partial charge in [0.05, 0.1) is 28.4 Å². The number of nitriles is 1. The molecule has 10 heteroatoms. The van der Waals surface area contributed by atoms with Gasteiger partial charge in [0.15, 0.2) is 0 Å². The lowest BCUT2D eigenvalue weighted by Gasteiger charge is -2.12. The van der Waals surface area contributed by atoms with Crippen LogP contribution in [0.3, 0.4) is 0 Å². The fourth-order valence-corrected chi connectivity index (χ4v) is 2.54. The molecule has 0 saturated carbocycles. The summed E-state index contributed by atoms with van der Waals surface area (Å²) in [6.07, 6.45) is -3.67. The van der Waals surface area contributed by atoms with Crippen LogP contribution in [0.2, 0.25) is 5.02 Å². The van der Waals surface area contributed by atoms with Crippen molar-refractivity contribution < 1.29 is 27.5 Å². The summed E-state index contributed by atoms with van der Waals surface area (Å²) in [5.74, 6) is -1.55. The topological polar surface area (TPSA) is 91.2 Å². The number of rotatable bonds is 6. The number of esters is 1. The molecule has 0 bridgehead atoms. The zero-order chi connectivity index (χ0) is 22.3. The van der Waals surface area contributed by atoms with Gasteiger partial charge in [-0.15, -0.1) is 0 Å². The van der Waals surface area contributed by atoms with Gasteiger partial charge in [-0.05, 0) is 37.3 Å². The highest BCUT2D eigenvalue weighted by Crippen LogP contribution is 2.36. The molecule has 1 amide bonds. The first-order valence-corrected chi connectivity index (χ1v) is 8.86. The molecule has 0 radical (unpaired) electrons. The monoisotopic (exact) mass is 437 g/mol. The summed E-state index contributed by atoms with van der Waals surface area (Å²) < 4.78 is 43.8. The molecule has 0 unspecified atom stereocenters. The molecule has 0 saturated heterocycles. The maximum Gasteiger partial charge on any atom is 0.417 e. The molecule has 156 valence electrons. The van der Waals surface area contributed by atoms with Crippen molar-refractivity contribution in [2.24, 2.45) is 0 Å². The van der Waals surface area contributed by atoms with Crippen LogP contribution in [0.15, 0.2) is 54.2 Å². The van der Waals surface area contributed by atoms with Gasteiger partial charge in [0.2, 0.25) is 0 Å². The molecule has 2 N–H and O–H groups in total. The first-order valence-electron chi connectivity index (χ1n) is 8.48. The molecule has 0 fully saturated rings. The third kappa shape index (κ3) is 5.75. The Morgan fingerprint density at radius 3 is 2.57 bits per heavy atom. The van der Waals surface area contributed by atoms with Gasteiger partial charge in [-0.2, -0.15) is 18.4 Å². The van der Waals surface area contributed by atoms with Gasteiger partial charge in [0.1, 0.15) is 11.6 Å². The van der Waals surface area contributed by atoms with Crippen LogP contribution >= 0.6 is 11.6 Å². The Morgan fingerprint density at radius 1 is 1.23 bits per heavy atom. The van der Waals surface area contributed by atoms with Gasteiger partial charge >= 0.3 is 12.1 Å². The highest BCUT2D eigenvalue weighted by molar-refractivity contribution is 6.31. The molecule has 6 nitrogen and oxygen atoms in total. The zero-order valence-corrected chi connectivity index (χ0v) is 16.3. The van der Waals surface area contributed by atoms with Crippen LogP contribution in [-0.4, -0.2) is 18.5 Å². The van der Waals surface area contributed by atoms with Crippen LogP contribution in [0, 0.1) is 11.3 Å². The Balaban J connectivity index is 2.22. The maximum atomic E-state index is 12.9. The Kier molecular flexibility index (Phi) is 7.44. The first kappa shape index (κ1) is 22.8. The predicted molar refractivity (Wildman–Crippen MR) is 105 cm³/mol. The van der Waals surface area contributed by atoms with E-state index in [1.165, 1.54) is 18.2 Å². The van der Waals surface area contributed by atoms with Crippen LogP contribution in [0.4, 0.5) is 24.5 Å². The van der Waals surface area contributed by atoms with E-state index in [0.29, 0.717) is 6.07 Å². The van der Waals surface area contributed by atoms with Crippen LogP contribution < -0.4 is 10.6 Å². The van der Waals surface area contributed by atoms with Gasteiger partial charge in [0, 0.05) is 11.9 Å². The lowest BCUT2D eigenvalue weighted by Crippen LogP contribution is -2.16. The minimum absolute atomic E-state index is 0.163. The van der Waals surface area contributed by atoms with Crippen LogP contribution in [-0.2, 0) is 15.7 Å². The quantitative estimate of drug-likeness (QED) is 0.377. The summed E-state index contributed by atoms with van der Waals surface area (Å²) >= 11 is 5.54. The minimum Gasteiger partial charge on any atom is -0.462 e. The van der Waals surface area contributed by atoms with Crippen LogP contribution in [0.25, 0.3) is 0 Å². The molecule has 0 atom stereocenters. The van der Waals surface area contributed by atoms with Crippen molar-refractivity contribution >= 4 is 34.9 Å². The largest absolute Gasteiger partial charge is 0.462 e. The van der Waals surface area contributed by atoms with E-state index in [9.17, 15) is 28.0 Å². The molecule has 30 heavy (non-hydrogen) atoms. The summed E-state index contributed by atoms with van der Waals surface area (Å²) in [5.41, 5.74) is -1.28. The molecule has 0 aliphatic carbocycles. The van der Waals surface area contributed by atoms with E-state index < -0.39 is 34.2 Å². The summed E-state index contributed by atoms with van der Waals surface area (Å²) in [5, 5.41) is 13.6. The van der Waals surface area contributed by atoms with Gasteiger partial charge in [0.25, 0.3) is 5.91 Å². The number of alkyl halides is 3. The van der Waals surface area contributed by atoms with Crippen LogP contribution in [0.5, 0.6) is 0 Å². The van der Waals surface area contributed by atoms with Crippen molar-refractivity contribution in [3.05, 3.63) is 70.4 Å². The SMILES string of the molecule is CCOC(=O)c1ccccc1N/C=C(/C#N)C(=O)Nc1ccc(Cl)c(C(F)(F)F)c1. The highest BCUT2D eigenvalue weighted by Gasteiger charge is 2.33. The highest BCUT2D eigenvalue weighted by atomic mass is 35.5. The number of nitrogens with one attached hydrogen (secondary N) is 2. The number of nitrogens with zero attached hydrogens (tertiary/aromatic N) is 1. The molecule has 0 aliphatic rings. The Hall–Kier alpha value is -3.51. The molecular weight excluding hydrogens is 423 g/mol. The molecule has 0 aliphatic heterocycles. The second-order valence-corrected chi connectivity index (χ2v) is 6.13. The van der Waals surface area contributed by atoms with Gasteiger partial charge in [-0.25, -0.2) is 4.79 Å². The summed E-state index contributed by atoms with van der Waals surface area (Å²) in [4.78, 5) is 24.2. The van der Waals surface area contributed by atoms with E-state index in [1.54, 1.807) is 25.1 Å². The molecule has 2 aromatic carbocycles. The number of halogens is 4. The average Bonchev–Trinajstić information content (AvgIpc) is 2.69. The fraction of sp³-hybridized carbons (Fsp3) is 0.150. The Morgan fingerprint density at radius 2 is 1.93 bits per heavy atom. The van der Waals surface area contributed by atoms with Gasteiger partial charge in [-0.1, -0.05) is 23.7 Å². The normalized spacial score (nSPS) is 11.4. The average molecular weight is 438 g/mol. The zero-order valence-electron chi connectivity index (χ0n) is 15.5. The molecule has 2 aromatic rings. The minimum atomic E-state index is -4.70. The number of anilines is 2. The standard InChI is InChI=1S/C20H15ClF3N3O3/c1-2-30-19(29)14-5-3-4-6-17(14)26-11-12(10-25)18(28)27-13-7-8-16(21)15(9-13)20(22,23)24/h3-9,11,26H,2H2,1H3,(H,27,28)/b12-11-. The number of carbonyl (C=O) groups excluding carboxylic acids is 2. The number of benzene rings is 2. The summed E-state index contributed by atoms with van der Waals surface area (Å²) in [7, 11) is 0. The van der Waals surface area contributed by atoms with Crippen molar-refractivity contribution in [2.45, 2.75) is 13.1 Å². The number of hydrogen-bond donors (Lipinski definition) is 2. The number of ether oxygens (including phenoxy) is 1. The lowest BCUT2D eigenvalue weighted by atomic mass is 10.1. The van der Waals surface area contributed by atoms with Crippen molar-refractivity contribution in [1.82, 2.24) is 0 Å². The van der Waals surface area contributed by atoms with Crippen molar-refractivity contribution in [2.75, 3.05) is 17.2 Å². The Labute approximate surface area is 174 Å².